The molecule has 1 aromatic carbocycles. The molecule has 1 aromatic rings. The van der Waals surface area contributed by atoms with Gasteiger partial charge in [0.2, 0.25) is 0 Å². The van der Waals surface area contributed by atoms with Gasteiger partial charge < -0.3 is 37.4 Å². The van der Waals surface area contributed by atoms with Crippen LogP contribution in [0, 0.1) is 0 Å². The predicted molar refractivity (Wildman–Crippen MR) is 69.7 cm³/mol. The van der Waals surface area contributed by atoms with Crippen LogP contribution in [-0.4, -0.2) is 59.9 Å². The highest BCUT2D eigenvalue weighted by atomic mass is 35.5. The van der Waals surface area contributed by atoms with E-state index in [2.05, 4.69) is 0 Å². The maximum absolute atomic E-state index is 10.1. The second-order valence-electron chi connectivity index (χ2n) is 5.07. The summed E-state index contributed by atoms with van der Waals surface area (Å²) in [6.45, 7) is 1.10. The Balaban J connectivity index is 0.00000200. The van der Waals surface area contributed by atoms with E-state index in [-0.39, 0.29) is 25.1 Å². The van der Waals surface area contributed by atoms with Crippen LogP contribution in [0.3, 0.4) is 0 Å². The van der Waals surface area contributed by atoms with Gasteiger partial charge in [-0.15, -0.1) is 0 Å². The number of ether oxygens (including phenoxy) is 1. The molecule has 0 aliphatic carbocycles. The van der Waals surface area contributed by atoms with Crippen molar-refractivity contribution in [2.24, 2.45) is 0 Å². The zero-order valence-corrected chi connectivity index (χ0v) is 12.2. The first kappa shape index (κ1) is 17.4. The Hall–Kier alpha value is -0.690. The van der Waals surface area contributed by atoms with Crippen molar-refractivity contribution in [2.75, 3.05) is 20.3 Å². The molecule has 1 heterocycles. The first-order valence-corrected chi connectivity index (χ1v) is 6.55. The molecule has 0 saturated carbocycles. The minimum absolute atomic E-state index is 0. The fourth-order valence-corrected chi connectivity index (χ4v) is 2.75. The van der Waals surface area contributed by atoms with E-state index in [0.717, 1.165) is 10.5 Å². The van der Waals surface area contributed by atoms with Gasteiger partial charge in [0.15, 0.2) is 0 Å². The summed E-state index contributed by atoms with van der Waals surface area (Å²) >= 11 is 0. The smallest absolute Gasteiger partial charge is 0.140 e. The van der Waals surface area contributed by atoms with Crippen molar-refractivity contribution in [1.82, 2.24) is 0 Å². The monoisotopic (exact) mass is 303 g/mol. The van der Waals surface area contributed by atoms with E-state index in [9.17, 15) is 15.3 Å². The number of piperidine rings is 1. The Bertz CT molecular complexity index is 392. The van der Waals surface area contributed by atoms with Gasteiger partial charge in [-0.05, 0) is 0 Å². The molecule has 114 valence electrons. The fourth-order valence-electron chi connectivity index (χ4n) is 2.75. The van der Waals surface area contributed by atoms with Crippen molar-refractivity contribution in [3.8, 4) is 0 Å². The van der Waals surface area contributed by atoms with Crippen LogP contribution >= 0.6 is 0 Å². The maximum Gasteiger partial charge on any atom is 0.140 e. The highest BCUT2D eigenvalue weighted by Crippen LogP contribution is 2.10. The third kappa shape index (κ3) is 3.69. The number of benzene rings is 1. The molecule has 4 N–H and O–H groups in total. The first-order chi connectivity index (χ1) is 9.17. The molecule has 6 heteroatoms. The standard InChI is InChI=1S/C14H21NO4.ClH/c1-19-12-8-15(7-10-5-3-2-4-6-10)11(9-16)13(17)14(12)18;/h2-6,11-14,16-18H,7-9H2,1H3;1H/t11-,12+,13+,14-;/m1./s1. The van der Waals surface area contributed by atoms with Crippen molar-refractivity contribution in [2.45, 2.75) is 30.9 Å². The van der Waals surface area contributed by atoms with E-state index >= 15 is 0 Å². The Morgan fingerprint density at radius 1 is 1.20 bits per heavy atom. The largest absolute Gasteiger partial charge is 1.00 e. The zero-order chi connectivity index (χ0) is 13.8. The summed E-state index contributed by atoms with van der Waals surface area (Å²) in [6.07, 6.45) is -2.32. The van der Waals surface area contributed by atoms with Crippen LogP contribution in [-0.2, 0) is 11.3 Å². The molecule has 1 aliphatic rings. The van der Waals surface area contributed by atoms with E-state index in [0.29, 0.717) is 13.1 Å². The average molecular weight is 304 g/mol. The molecule has 5 atom stereocenters. The van der Waals surface area contributed by atoms with Gasteiger partial charge >= 0.3 is 0 Å². The number of aliphatic hydroxyl groups excluding tert-OH is 3. The van der Waals surface area contributed by atoms with Gasteiger partial charge in [0.05, 0.1) is 6.61 Å². The first-order valence-electron chi connectivity index (χ1n) is 6.55. The summed E-state index contributed by atoms with van der Waals surface area (Å²) in [5, 5.41) is 29.5. The molecule has 20 heavy (non-hydrogen) atoms. The van der Waals surface area contributed by atoms with Gasteiger partial charge in [0.1, 0.15) is 37.4 Å². The third-order valence-corrected chi connectivity index (χ3v) is 3.90. The third-order valence-electron chi connectivity index (χ3n) is 3.90. The van der Waals surface area contributed by atoms with Gasteiger partial charge in [-0.2, -0.15) is 0 Å². The number of likely N-dealkylation sites (tertiary alicyclic amines) is 1. The molecule has 0 amide bonds. The summed E-state index contributed by atoms with van der Waals surface area (Å²) in [5.74, 6) is 0. The highest BCUT2D eigenvalue weighted by molar-refractivity contribution is 5.13. The lowest BCUT2D eigenvalue weighted by Crippen LogP contribution is -3.19. The van der Waals surface area contributed by atoms with Gasteiger partial charge in [-0.1, -0.05) is 30.3 Å². The summed E-state index contributed by atoms with van der Waals surface area (Å²) < 4.78 is 5.22. The van der Waals surface area contributed by atoms with Crippen LogP contribution in [0.15, 0.2) is 30.3 Å². The lowest BCUT2D eigenvalue weighted by Gasteiger charge is -2.41. The van der Waals surface area contributed by atoms with Gasteiger partial charge in [0.25, 0.3) is 0 Å². The maximum atomic E-state index is 10.1. The van der Waals surface area contributed by atoms with Crippen LogP contribution in [0.25, 0.3) is 0 Å². The molecule has 1 fully saturated rings. The van der Waals surface area contributed by atoms with E-state index in [1.54, 1.807) is 0 Å². The number of aliphatic hydroxyl groups is 3. The molecule has 1 saturated heterocycles. The lowest BCUT2D eigenvalue weighted by atomic mass is 9.93. The number of quaternary nitrogens is 1. The molecule has 0 spiro atoms. The summed E-state index contributed by atoms with van der Waals surface area (Å²) in [7, 11) is 1.53. The molecule has 1 aliphatic heterocycles. The average Bonchev–Trinajstić information content (AvgIpc) is 2.44. The van der Waals surface area contributed by atoms with E-state index < -0.39 is 18.3 Å². The van der Waals surface area contributed by atoms with Crippen molar-refractivity contribution in [3.05, 3.63) is 35.9 Å². The van der Waals surface area contributed by atoms with Crippen molar-refractivity contribution in [1.29, 1.82) is 0 Å². The van der Waals surface area contributed by atoms with Crippen molar-refractivity contribution >= 4 is 0 Å². The van der Waals surface area contributed by atoms with Gasteiger partial charge in [-0.3, -0.25) is 0 Å². The fraction of sp³-hybridized carbons (Fsp3) is 0.571. The Morgan fingerprint density at radius 3 is 2.40 bits per heavy atom. The lowest BCUT2D eigenvalue weighted by molar-refractivity contribution is -0.952. The van der Waals surface area contributed by atoms with Crippen LogP contribution in [0.1, 0.15) is 5.56 Å². The summed E-state index contributed by atoms with van der Waals surface area (Å²) in [4.78, 5) is 1.03. The quantitative estimate of drug-likeness (QED) is 0.450. The number of rotatable bonds is 4. The summed E-state index contributed by atoms with van der Waals surface area (Å²) in [6, 6.07) is 9.52. The molecular weight excluding hydrogens is 282 g/mol. The van der Waals surface area contributed by atoms with Crippen LogP contribution < -0.4 is 17.3 Å². The second-order valence-corrected chi connectivity index (χ2v) is 5.07. The van der Waals surface area contributed by atoms with Crippen molar-refractivity contribution in [3.63, 3.8) is 0 Å². The molecule has 2 rings (SSSR count). The van der Waals surface area contributed by atoms with Crippen LogP contribution in [0.4, 0.5) is 0 Å². The summed E-state index contributed by atoms with van der Waals surface area (Å²) in [5.41, 5.74) is 1.13. The van der Waals surface area contributed by atoms with E-state index in [1.807, 2.05) is 30.3 Å². The minimum Gasteiger partial charge on any atom is -1.00 e. The Kier molecular flexibility index (Phi) is 6.88. The van der Waals surface area contributed by atoms with E-state index in [4.69, 9.17) is 4.74 Å². The van der Waals surface area contributed by atoms with Gasteiger partial charge in [-0.25, -0.2) is 0 Å². The van der Waals surface area contributed by atoms with Crippen LogP contribution in [0.5, 0.6) is 0 Å². The van der Waals surface area contributed by atoms with Gasteiger partial charge in [0, 0.05) is 12.7 Å². The molecule has 5 nitrogen and oxygen atoms in total. The predicted octanol–water partition coefficient (Wildman–Crippen LogP) is -4.81. The van der Waals surface area contributed by atoms with E-state index in [1.165, 1.54) is 7.11 Å². The Labute approximate surface area is 125 Å². The normalized spacial score (nSPS) is 33.5. The second kappa shape index (κ2) is 7.93. The molecule has 0 aromatic heterocycles. The number of hydrogen-bond acceptors (Lipinski definition) is 4. The SMILES string of the molecule is CO[C@H]1C[NH+](Cc2ccccc2)[C@H](CO)[C@H](O)[C@@H]1O.[Cl-]. The zero-order valence-electron chi connectivity index (χ0n) is 11.4. The number of methoxy groups -OCH3 is 1. The van der Waals surface area contributed by atoms with Crippen molar-refractivity contribution < 1.29 is 37.4 Å². The molecule has 0 radical (unpaired) electrons. The topological polar surface area (TPSA) is 74.4 Å². The number of halogens is 1. The Morgan fingerprint density at radius 2 is 1.85 bits per heavy atom. The molecule has 0 bridgehead atoms. The number of hydrogen-bond donors (Lipinski definition) is 4. The highest BCUT2D eigenvalue weighted by Gasteiger charge is 2.45. The molecular formula is C14H22ClNO4. The minimum atomic E-state index is -0.970. The molecule has 1 unspecified atom stereocenters. The number of nitrogens with one attached hydrogen (secondary N) is 1. The van der Waals surface area contributed by atoms with Crippen LogP contribution in [0.2, 0.25) is 0 Å².